The monoisotopic (exact) mass is 315 g/mol. The van der Waals surface area contributed by atoms with Crippen LogP contribution in [0.2, 0.25) is 5.02 Å². The Hall–Kier alpha value is -2.26. The molecule has 0 spiro atoms. The summed E-state index contributed by atoms with van der Waals surface area (Å²) in [6.07, 6.45) is 0. The molecular weight excluding hydrogens is 306 g/mol. The Balaban J connectivity index is 2.45. The minimum absolute atomic E-state index is 0.139. The first-order valence-corrected chi connectivity index (χ1v) is 6.29. The molecule has 1 fully saturated rings. The maximum absolute atomic E-state index is 12.2. The third-order valence-corrected chi connectivity index (χ3v) is 3.36. The summed E-state index contributed by atoms with van der Waals surface area (Å²) in [7, 11) is 0. The highest BCUT2D eigenvalue weighted by Gasteiger charge is 2.29. The lowest BCUT2D eigenvalue weighted by molar-refractivity contribution is -0.393. The van der Waals surface area contributed by atoms with E-state index in [2.05, 4.69) is 0 Å². The first kappa shape index (κ1) is 15.1. The van der Waals surface area contributed by atoms with E-state index in [1.165, 1.54) is 4.90 Å². The van der Waals surface area contributed by atoms with Crippen LogP contribution in [0.5, 0.6) is 0 Å². The second-order valence-electron chi connectivity index (χ2n) is 4.25. The average molecular weight is 316 g/mol. The minimum atomic E-state index is -0.856. The van der Waals surface area contributed by atoms with Gasteiger partial charge < -0.3 is 9.64 Å². The van der Waals surface area contributed by atoms with E-state index in [1.807, 2.05) is 0 Å². The van der Waals surface area contributed by atoms with Gasteiger partial charge in [0.2, 0.25) is 0 Å². The molecule has 0 radical (unpaired) electrons. The van der Waals surface area contributed by atoms with Gasteiger partial charge in [0.25, 0.3) is 17.3 Å². The third-order valence-electron chi connectivity index (χ3n) is 2.97. The van der Waals surface area contributed by atoms with Crippen LogP contribution in [0.3, 0.4) is 0 Å². The van der Waals surface area contributed by atoms with E-state index in [9.17, 15) is 25.0 Å². The van der Waals surface area contributed by atoms with E-state index in [-0.39, 0.29) is 5.56 Å². The van der Waals surface area contributed by atoms with Crippen molar-refractivity contribution in [2.45, 2.75) is 0 Å². The molecule has 1 aliphatic rings. The Labute approximate surface area is 123 Å². The van der Waals surface area contributed by atoms with Gasteiger partial charge in [0.05, 0.1) is 28.6 Å². The van der Waals surface area contributed by atoms with Crippen LogP contribution in [0.15, 0.2) is 12.1 Å². The van der Waals surface area contributed by atoms with Gasteiger partial charge in [-0.1, -0.05) is 11.6 Å². The van der Waals surface area contributed by atoms with Gasteiger partial charge in [0.15, 0.2) is 5.02 Å². The fraction of sp³-hybridized carbons (Fsp3) is 0.364. The molecule has 1 aromatic rings. The molecule has 0 saturated carbocycles. The second-order valence-corrected chi connectivity index (χ2v) is 4.63. The van der Waals surface area contributed by atoms with Crippen molar-refractivity contribution in [3.05, 3.63) is 42.9 Å². The molecule has 10 heteroatoms. The quantitative estimate of drug-likeness (QED) is 0.618. The molecule has 112 valence electrons. The van der Waals surface area contributed by atoms with Crippen LogP contribution < -0.4 is 0 Å². The normalized spacial score (nSPS) is 14.8. The first-order chi connectivity index (χ1) is 9.91. The molecule has 9 nitrogen and oxygen atoms in total. The average Bonchev–Trinajstić information content (AvgIpc) is 2.47. The molecule has 0 N–H and O–H groups in total. The lowest BCUT2D eigenvalue weighted by Gasteiger charge is -2.26. The van der Waals surface area contributed by atoms with Crippen molar-refractivity contribution in [3.63, 3.8) is 0 Å². The number of benzene rings is 1. The van der Waals surface area contributed by atoms with Crippen molar-refractivity contribution < 1.29 is 19.4 Å². The lowest BCUT2D eigenvalue weighted by Crippen LogP contribution is -2.40. The number of nitro benzene ring substituents is 2. The summed E-state index contributed by atoms with van der Waals surface area (Å²) in [5.74, 6) is -0.527. The number of morpholine rings is 1. The minimum Gasteiger partial charge on any atom is -0.378 e. The summed E-state index contributed by atoms with van der Waals surface area (Å²) >= 11 is 5.63. The third kappa shape index (κ3) is 3.09. The number of nitro groups is 2. The number of amides is 1. The molecular formula is C11H10ClN3O6. The van der Waals surface area contributed by atoms with Crippen LogP contribution in [-0.2, 0) is 4.74 Å². The van der Waals surface area contributed by atoms with Gasteiger partial charge in [-0.3, -0.25) is 25.0 Å². The topological polar surface area (TPSA) is 116 Å². The van der Waals surface area contributed by atoms with Crippen LogP contribution in [0.1, 0.15) is 10.4 Å². The molecule has 0 unspecified atom stereocenters. The van der Waals surface area contributed by atoms with Gasteiger partial charge in [0, 0.05) is 25.2 Å². The van der Waals surface area contributed by atoms with Gasteiger partial charge in [0.1, 0.15) is 0 Å². The SMILES string of the molecule is O=C(c1cc([N+](=O)[O-])c(Cl)c([N+](=O)[O-])c1)N1CCOCC1. The molecule has 1 aliphatic heterocycles. The van der Waals surface area contributed by atoms with E-state index in [1.54, 1.807) is 0 Å². The van der Waals surface area contributed by atoms with Crippen molar-refractivity contribution in [1.29, 1.82) is 0 Å². The highest BCUT2D eigenvalue weighted by atomic mass is 35.5. The van der Waals surface area contributed by atoms with E-state index >= 15 is 0 Å². The zero-order valence-corrected chi connectivity index (χ0v) is 11.4. The van der Waals surface area contributed by atoms with Crippen LogP contribution in [0, 0.1) is 20.2 Å². The van der Waals surface area contributed by atoms with Gasteiger partial charge in [-0.25, -0.2) is 0 Å². The van der Waals surface area contributed by atoms with E-state index in [0.717, 1.165) is 12.1 Å². The summed E-state index contributed by atoms with van der Waals surface area (Å²) < 4.78 is 5.10. The van der Waals surface area contributed by atoms with Gasteiger partial charge >= 0.3 is 0 Å². The van der Waals surface area contributed by atoms with E-state index in [4.69, 9.17) is 16.3 Å². The second kappa shape index (κ2) is 6.02. The Bertz CT molecular complexity index is 579. The van der Waals surface area contributed by atoms with Gasteiger partial charge in [-0.2, -0.15) is 0 Å². The smallest absolute Gasteiger partial charge is 0.295 e. The largest absolute Gasteiger partial charge is 0.378 e. The van der Waals surface area contributed by atoms with Crippen LogP contribution in [-0.4, -0.2) is 47.0 Å². The maximum Gasteiger partial charge on any atom is 0.295 e. The Morgan fingerprint density at radius 2 is 1.62 bits per heavy atom. The van der Waals surface area contributed by atoms with Crippen molar-refractivity contribution in [1.82, 2.24) is 4.90 Å². The molecule has 0 atom stereocenters. The van der Waals surface area contributed by atoms with E-state index < -0.39 is 32.2 Å². The summed E-state index contributed by atoms with van der Waals surface area (Å²) in [6.45, 7) is 1.35. The summed E-state index contributed by atoms with van der Waals surface area (Å²) in [6, 6.07) is 1.90. The Morgan fingerprint density at radius 3 is 2.05 bits per heavy atom. The molecule has 0 aromatic heterocycles. The van der Waals surface area contributed by atoms with Crippen molar-refractivity contribution in [2.75, 3.05) is 26.3 Å². The predicted octanol–water partition coefficient (Wildman–Crippen LogP) is 1.63. The van der Waals surface area contributed by atoms with Gasteiger partial charge in [-0.15, -0.1) is 0 Å². The molecule has 0 bridgehead atoms. The highest BCUT2D eigenvalue weighted by Crippen LogP contribution is 2.35. The number of nitrogens with zero attached hydrogens (tertiary/aromatic N) is 3. The number of ether oxygens (including phenoxy) is 1. The van der Waals surface area contributed by atoms with Crippen molar-refractivity contribution in [3.8, 4) is 0 Å². The lowest BCUT2D eigenvalue weighted by atomic mass is 10.1. The fourth-order valence-corrected chi connectivity index (χ4v) is 2.18. The number of carbonyl (C=O) groups excluding carboxylic acids is 1. The Morgan fingerprint density at radius 1 is 1.14 bits per heavy atom. The Kier molecular flexibility index (Phi) is 4.34. The molecule has 0 aliphatic carbocycles. The molecule has 2 rings (SSSR count). The summed E-state index contributed by atoms with van der Waals surface area (Å²) in [4.78, 5) is 33.8. The van der Waals surface area contributed by atoms with Crippen molar-refractivity contribution in [2.24, 2.45) is 0 Å². The molecule has 1 saturated heterocycles. The van der Waals surface area contributed by atoms with E-state index in [0.29, 0.717) is 26.3 Å². The van der Waals surface area contributed by atoms with Crippen LogP contribution in [0.4, 0.5) is 11.4 Å². The standard InChI is InChI=1S/C11H10ClN3O6/c12-10-8(14(17)18)5-7(6-9(10)15(19)20)11(16)13-1-3-21-4-2-13/h5-6H,1-4H2. The zero-order valence-electron chi connectivity index (χ0n) is 10.7. The molecule has 1 amide bonds. The zero-order chi connectivity index (χ0) is 15.6. The molecule has 1 aromatic carbocycles. The van der Waals surface area contributed by atoms with Crippen LogP contribution in [0.25, 0.3) is 0 Å². The number of halogens is 1. The number of hydrogen-bond acceptors (Lipinski definition) is 6. The predicted molar refractivity (Wildman–Crippen MR) is 71.5 cm³/mol. The maximum atomic E-state index is 12.2. The number of carbonyl (C=O) groups is 1. The molecule has 1 heterocycles. The summed E-state index contributed by atoms with van der Waals surface area (Å²) in [5.41, 5.74) is -1.47. The van der Waals surface area contributed by atoms with Crippen LogP contribution >= 0.6 is 11.6 Å². The summed E-state index contributed by atoms with van der Waals surface area (Å²) in [5, 5.41) is 21.2. The number of hydrogen-bond donors (Lipinski definition) is 0. The fourth-order valence-electron chi connectivity index (χ4n) is 1.93. The number of rotatable bonds is 3. The van der Waals surface area contributed by atoms with Crippen molar-refractivity contribution >= 4 is 28.9 Å². The first-order valence-electron chi connectivity index (χ1n) is 5.91. The highest BCUT2D eigenvalue weighted by molar-refractivity contribution is 6.35. The van der Waals surface area contributed by atoms with Gasteiger partial charge in [-0.05, 0) is 0 Å². The molecule has 21 heavy (non-hydrogen) atoms.